The van der Waals surface area contributed by atoms with E-state index in [9.17, 15) is 4.79 Å². The van der Waals surface area contributed by atoms with Crippen molar-refractivity contribution in [3.8, 4) is 0 Å². The summed E-state index contributed by atoms with van der Waals surface area (Å²) in [6.45, 7) is 6.75. The number of ether oxygens (including phenoxy) is 1. The Bertz CT molecular complexity index is 202. The summed E-state index contributed by atoms with van der Waals surface area (Å²) in [5.41, 5.74) is 1.27. The number of cyclic esters (lactones) is 1. The zero-order valence-corrected chi connectivity index (χ0v) is 7.96. The highest BCUT2D eigenvalue weighted by Crippen LogP contribution is 2.25. The maximum Gasteiger partial charge on any atom is 0.309 e. The van der Waals surface area contributed by atoms with Gasteiger partial charge in [-0.2, -0.15) is 0 Å². The molecule has 0 bridgehead atoms. The van der Waals surface area contributed by atoms with Gasteiger partial charge >= 0.3 is 5.97 Å². The highest BCUT2D eigenvalue weighted by atomic mass is 16.5. The Morgan fingerprint density at radius 2 is 2.33 bits per heavy atom. The van der Waals surface area contributed by atoms with Crippen LogP contribution in [0.4, 0.5) is 0 Å². The van der Waals surface area contributed by atoms with E-state index < -0.39 is 0 Å². The van der Waals surface area contributed by atoms with Gasteiger partial charge in [0.05, 0.1) is 12.5 Å². The topological polar surface area (TPSA) is 26.3 Å². The molecule has 1 saturated heterocycles. The third kappa shape index (κ3) is 2.10. The molecule has 68 valence electrons. The van der Waals surface area contributed by atoms with Crippen LogP contribution in [0.15, 0.2) is 11.6 Å². The molecule has 1 rings (SSSR count). The lowest BCUT2D eigenvalue weighted by Crippen LogP contribution is -2.12. The average Bonchev–Trinajstić information content (AvgIpc) is 2.28. The summed E-state index contributed by atoms with van der Waals surface area (Å²) < 4.78 is 4.94. The van der Waals surface area contributed by atoms with E-state index >= 15 is 0 Å². The Morgan fingerprint density at radius 3 is 2.75 bits per heavy atom. The summed E-state index contributed by atoms with van der Waals surface area (Å²) in [6, 6.07) is 0. The summed E-state index contributed by atoms with van der Waals surface area (Å²) in [5.74, 6) is 0.452. The number of carbonyl (C=O) groups is 1. The highest BCUT2D eigenvalue weighted by Gasteiger charge is 2.32. The van der Waals surface area contributed by atoms with Gasteiger partial charge in [0.15, 0.2) is 0 Å². The van der Waals surface area contributed by atoms with Gasteiger partial charge in [-0.25, -0.2) is 0 Å². The summed E-state index contributed by atoms with van der Waals surface area (Å²) in [5, 5.41) is 0. The fraction of sp³-hybridized carbons (Fsp3) is 0.700. The quantitative estimate of drug-likeness (QED) is 0.466. The van der Waals surface area contributed by atoms with Gasteiger partial charge in [0.2, 0.25) is 0 Å². The van der Waals surface area contributed by atoms with E-state index in [0.29, 0.717) is 12.5 Å². The summed E-state index contributed by atoms with van der Waals surface area (Å²) in [7, 11) is 0. The van der Waals surface area contributed by atoms with Crippen LogP contribution in [-0.4, -0.2) is 12.6 Å². The van der Waals surface area contributed by atoms with E-state index in [4.69, 9.17) is 4.74 Å². The van der Waals surface area contributed by atoms with E-state index in [1.165, 1.54) is 5.57 Å². The highest BCUT2D eigenvalue weighted by molar-refractivity contribution is 5.74. The van der Waals surface area contributed by atoms with E-state index in [-0.39, 0.29) is 11.9 Å². The molecule has 0 aliphatic carbocycles. The molecule has 0 N–H and O–H groups in total. The summed E-state index contributed by atoms with van der Waals surface area (Å²) >= 11 is 0. The Balaban J connectivity index is 2.50. The number of carbonyl (C=O) groups excluding carboxylic acids is 1. The van der Waals surface area contributed by atoms with Gasteiger partial charge in [-0.15, -0.1) is 0 Å². The van der Waals surface area contributed by atoms with Crippen molar-refractivity contribution in [2.75, 3.05) is 6.61 Å². The van der Waals surface area contributed by atoms with Crippen LogP contribution in [0, 0.1) is 11.8 Å². The van der Waals surface area contributed by atoms with Crippen LogP contribution in [0.3, 0.4) is 0 Å². The van der Waals surface area contributed by atoms with Crippen molar-refractivity contribution >= 4 is 5.97 Å². The Hall–Kier alpha value is -0.790. The predicted octanol–water partition coefficient (Wildman–Crippen LogP) is 2.15. The van der Waals surface area contributed by atoms with Gasteiger partial charge in [0.25, 0.3) is 0 Å². The molecule has 1 heterocycles. The van der Waals surface area contributed by atoms with Crippen LogP contribution in [0.25, 0.3) is 0 Å². The predicted molar refractivity (Wildman–Crippen MR) is 47.7 cm³/mol. The van der Waals surface area contributed by atoms with E-state index in [0.717, 1.165) is 6.42 Å². The van der Waals surface area contributed by atoms with Crippen molar-refractivity contribution in [3.05, 3.63) is 11.6 Å². The average molecular weight is 168 g/mol. The molecule has 2 heteroatoms. The molecule has 12 heavy (non-hydrogen) atoms. The first-order valence-electron chi connectivity index (χ1n) is 4.41. The number of hydrogen-bond donors (Lipinski definition) is 0. The van der Waals surface area contributed by atoms with Gasteiger partial charge < -0.3 is 4.74 Å². The van der Waals surface area contributed by atoms with Crippen LogP contribution in [0.5, 0.6) is 0 Å². The largest absolute Gasteiger partial charge is 0.465 e. The fourth-order valence-electron chi connectivity index (χ4n) is 1.36. The second-order valence-electron chi connectivity index (χ2n) is 3.73. The van der Waals surface area contributed by atoms with Crippen LogP contribution < -0.4 is 0 Å². The molecule has 1 aliphatic rings. The minimum Gasteiger partial charge on any atom is -0.465 e. The minimum absolute atomic E-state index is 0.0278. The smallest absolute Gasteiger partial charge is 0.309 e. The first-order chi connectivity index (χ1) is 5.61. The Kier molecular flexibility index (Phi) is 2.90. The molecule has 0 radical (unpaired) electrons. The second kappa shape index (κ2) is 3.74. The zero-order chi connectivity index (χ0) is 9.14. The Morgan fingerprint density at radius 1 is 1.67 bits per heavy atom. The lowest BCUT2D eigenvalue weighted by molar-refractivity contribution is -0.141. The van der Waals surface area contributed by atoms with Gasteiger partial charge in [-0.05, 0) is 20.3 Å². The molecular formula is C10H16O2. The van der Waals surface area contributed by atoms with Crippen molar-refractivity contribution in [1.29, 1.82) is 0 Å². The number of esters is 1. The molecular weight excluding hydrogens is 152 g/mol. The fourth-order valence-corrected chi connectivity index (χ4v) is 1.36. The van der Waals surface area contributed by atoms with Crippen molar-refractivity contribution in [2.45, 2.75) is 27.2 Å². The van der Waals surface area contributed by atoms with Gasteiger partial charge in [-0.1, -0.05) is 18.6 Å². The lowest BCUT2D eigenvalue weighted by atomic mass is 9.93. The first-order valence-corrected chi connectivity index (χ1v) is 4.41. The van der Waals surface area contributed by atoms with Crippen LogP contribution in [-0.2, 0) is 9.53 Å². The minimum atomic E-state index is -0.0278. The molecule has 0 spiro atoms. The Labute approximate surface area is 73.6 Å². The number of rotatable bonds is 2. The third-order valence-electron chi connectivity index (χ3n) is 2.26. The second-order valence-corrected chi connectivity index (χ2v) is 3.73. The molecule has 0 aromatic carbocycles. The molecule has 0 aromatic rings. The van der Waals surface area contributed by atoms with Gasteiger partial charge in [0, 0.05) is 5.92 Å². The van der Waals surface area contributed by atoms with Gasteiger partial charge in [-0.3, -0.25) is 4.79 Å². The van der Waals surface area contributed by atoms with E-state index in [1.807, 2.05) is 13.8 Å². The van der Waals surface area contributed by atoms with Crippen LogP contribution in [0.2, 0.25) is 0 Å². The summed E-state index contributed by atoms with van der Waals surface area (Å²) in [4.78, 5) is 11.1. The van der Waals surface area contributed by atoms with E-state index in [1.54, 1.807) is 0 Å². The zero-order valence-electron chi connectivity index (χ0n) is 7.96. The molecule has 0 saturated carbocycles. The monoisotopic (exact) mass is 168 g/mol. The molecule has 0 unspecified atom stereocenters. The van der Waals surface area contributed by atoms with Crippen molar-refractivity contribution < 1.29 is 9.53 Å². The van der Waals surface area contributed by atoms with Crippen molar-refractivity contribution in [3.63, 3.8) is 0 Å². The molecule has 2 nitrogen and oxygen atoms in total. The SMILES string of the molecule is CC(C)=CC[C@H]1C(=O)OC[C@@H]1C. The van der Waals surface area contributed by atoms with Crippen LogP contribution >= 0.6 is 0 Å². The van der Waals surface area contributed by atoms with E-state index in [2.05, 4.69) is 13.0 Å². The van der Waals surface area contributed by atoms with Gasteiger partial charge in [0.1, 0.15) is 0 Å². The van der Waals surface area contributed by atoms with Crippen molar-refractivity contribution in [1.82, 2.24) is 0 Å². The number of allylic oxidation sites excluding steroid dienone is 2. The molecule has 0 amide bonds. The third-order valence-corrected chi connectivity index (χ3v) is 2.26. The molecule has 2 atom stereocenters. The van der Waals surface area contributed by atoms with Crippen molar-refractivity contribution in [2.24, 2.45) is 11.8 Å². The first kappa shape index (κ1) is 9.30. The maximum atomic E-state index is 11.1. The maximum absolute atomic E-state index is 11.1. The summed E-state index contributed by atoms with van der Waals surface area (Å²) in [6.07, 6.45) is 2.94. The molecule has 1 fully saturated rings. The molecule has 1 aliphatic heterocycles. The lowest BCUT2D eigenvalue weighted by Gasteiger charge is -2.06. The standard InChI is InChI=1S/C10H16O2/c1-7(2)4-5-9-8(3)6-12-10(9)11/h4,8-9H,5-6H2,1-3H3/t8-,9+/m0/s1. The normalized spacial score (nSPS) is 28.4. The number of hydrogen-bond acceptors (Lipinski definition) is 2. The molecule has 0 aromatic heterocycles. The van der Waals surface area contributed by atoms with Crippen LogP contribution in [0.1, 0.15) is 27.2 Å².